The van der Waals surface area contributed by atoms with E-state index >= 15 is 0 Å². The minimum Gasteiger partial charge on any atom is -0.301 e. The molecule has 0 radical (unpaired) electrons. The summed E-state index contributed by atoms with van der Waals surface area (Å²) in [6.45, 7) is 13.8. The van der Waals surface area contributed by atoms with Crippen molar-refractivity contribution in [3.05, 3.63) is 42.0 Å². The Bertz CT molecular complexity index is 414. The van der Waals surface area contributed by atoms with Gasteiger partial charge in [0.15, 0.2) is 0 Å². The SMILES string of the molecule is CCN1CCN(C/C(=C/C(C)C)c2ccccc2)CC1. The highest BCUT2D eigenvalue weighted by atomic mass is 15.3. The lowest BCUT2D eigenvalue weighted by atomic mass is 10.0. The Labute approximate surface area is 124 Å². The topological polar surface area (TPSA) is 6.48 Å². The molecule has 1 saturated heterocycles. The van der Waals surface area contributed by atoms with Crippen LogP contribution in [0.1, 0.15) is 26.3 Å². The lowest BCUT2D eigenvalue weighted by Gasteiger charge is -2.34. The van der Waals surface area contributed by atoms with Crippen LogP contribution in [0.5, 0.6) is 0 Å². The van der Waals surface area contributed by atoms with Crippen molar-refractivity contribution < 1.29 is 0 Å². The van der Waals surface area contributed by atoms with E-state index in [0.717, 1.165) is 6.54 Å². The molecule has 1 aromatic rings. The van der Waals surface area contributed by atoms with E-state index in [1.807, 2.05) is 0 Å². The number of likely N-dealkylation sites (N-methyl/N-ethyl adjacent to an activating group) is 1. The smallest absolute Gasteiger partial charge is 0.0237 e. The fraction of sp³-hybridized carbons (Fsp3) is 0.556. The van der Waals surface area contributed by atoms with E-state index in [9.17, 15) is 0 Å². The van der Waals surface area contributed by atoms with E-state index in [0.29, 0.717) is 5.92 Å². The lowest BCUT2D eigenvalue weighted by molar-refractivity contribution is 0.149. The molecule has 2 nitrogen and oxygen atoms in total. The second-order valence-electron chi connectivity index (χ2n) is 6.01. The first kappa shape index (κ1) is 15.3. The minimum absolute atomic E-state index is 0.599. The maximum Gasteiger partial charge on any atom is 0.0237 e. The zero-order valence-corrected chi connectivity index (χ0v) is 13.2. The van der Waals surface area contributed by atoms with Gasteiger partial charge in [-0.1, -0.05) is 57.2 Å². The maximum absolute atomic E-state index is 2.59. The van der Waals surface area contributed by atoms with Gasteiger partial charge in [0.25, 0.3) is 0 Å². The molecule has 0 saturated carbocycles. The van der Waals surface area contributed by atoms with Gasteiger partial charge in [0, 0.05) is 32.7 Å². The molecule has 1 fully saturated rings. The number of allylic oxidation sites excluding steroid dienone is 1. The Balaban J connectivity index is 2.03. The van der Waals surface area contributed by atoms with Crippen LogP contribution >= 0.6 is 0 Å². The summed E-state index contributed by atoms with van der Waals surface area (Å²) in [5.74, 6) is 0.599. The molecular formula is C18H28N2. The number of nitrogens with zero attached hydrogens (tertiary/aromatic N) is 2. The van der Waals surface area contributed by atoms with Crippen molar-refractivity contribution in [3.63, 3.8) is 0 Å². The number of piperazine rings is 1. The maximum atomic E-state index is 2.59. The van der Waals surface area contributed by atoms with Gasteiger partial charge in [-0.15, -0.1) is 0 Å². The Hall–Kier alpha value is -1.12. The van der Waals surface area contributed by atoms with Gasteiger partial charge in [-0.3, -0.25) is 4.90 Å². The van der Waals surface area contributed by atoms with Gasteiger partial charge in [-0.05, 0) is 23.6 Å². The standard InChI is InChI=1S/C18H28N2/c1-4-19-10-12-20(13-11-19)15-18(14-16(2)3)17-8-6-5-7-9-17/h5-9,14,16H,4,10-13,15H2,1-3H3/b18-14-. The molecule has 110 valence electrons. The molecule has 0 amide bonds. The molecule has 1 aliphatic rings. The molecule has 0 bridgehead atoms. The van der Waals surface area contributed by atoms with E-state index in [1.165, 1.54) is 43.9 Å². The average molecular weight is 272 g/mol. The van der Waals surface area contributed by atoms with Crippen LogP contribution in [-0.4, -0.2) is 49.1 Å². The second kappa shape index (κ2) is 7.61. The van der Waals surface area contributed by atoms with Crippen LogP contribution in [-0.2, 0) is 0 Å². The first-order valence-electron chi connectivity index (χ1n) is 7.90. The van der Waals surface area contributed by atoms with Crippen LogP contribution in [0.4, 0.5) is 0 Å². The molecule has 0 aliphatic carbocycles. The largest absolute Gasteiger partial charge is 0.301 e. The monoisotopic (exact) mass is 272 g/mol. The van der Waals surface area contributed by atoms with Crippen molar-refractivity contribution in [2.75, 3.05) is 39.3 Å². The first-order chi connectivity index (χ1) is 9.69. The van der Waals surface area contributed by atoms with E-state index in [2.05, 4.69) is 67.0 Å². The van der Waals surface area contributed by atoms with Crippen LogP contribution in [0.25, 0.3) is 5.57 Å². The van der Waals surface area contributed by atoms with Crippen molar-refractivity contribution in [2.45, 2.75) is 20.8 Å². The molecular weight excluding hydrogens is 244 g/mol. The van der Waals surface area contributed by atoms with Crippen molar-refractivity contribution in [1.29, 1.82) is 0 Å². The van der Waals surface area contributed by atoms with Crippen LogP contribution in [0, 0.1) is 5.92 Å². The fourth-order valence-corrected chi connectivity index (χ4v) is 2.80. The number of hydrogen-bond acceptors (Lipinski definition) is 2. The summed E-state index contributed by atoms with van der Waals surface area (Å²) in [6, 6.07) is 10.8. The molecule has 1 heterocycles. The van der Waals surface area contributed by atoms with Gasteiger partial charge in [0.2, 0.25) is 0 Å². The zero-order valence-electron chi connectivity index (χ0n) is 13.2. The predicted molar refractivity (Wildman–Crippen MR) is 87.8 cm³/mol. The van der Waals surface area contributed by atoms with E-state index in [4.69, 9.17) is 0 Å². The molecule has 1 aliphatic heterocycles. The van der Waals surface area contributed by atoms with Crippen LogP contribution in [0.2, 0.25) is 0 Å². The van der Waals surface area contributed by atoms with Crippen molar-refractivity contribution in [1.82, 2.24) is 9.80 Å². The summed E-state index contributed by atoms with van der Waals surface area (Å²) in [6.07, 6.45) is 2.42. The van der Waals surface area contributed by atoms with Gasteiger partial charge < -0.3 is 4.90 Å². The van der Waals surface area contributed by atoms with Crippen molar-refractivity contribution in [3.8, 4) is 0 Å². The van der Waals surface area contributed by atoms with Gasteiger partial charge >= 0.3 is 0 Å². The predicted octanol–water partition coefficient (Wildman–Crippen LogP) is 3.36. The Morgan fingerprint density at radius 2 is 1.65 bits per heavy atom. The van der Waals surface area contributed by atoms with Crippen LogP contribution in [0.3, 0.4) is 0 Å². The summed E-state index contributed by atoms with van der Waals surface area (Å²) in [5.41, 5.74) is 2.85. The summed E-state index contributed by atoms with van der Waals surface area (Å²) in [4.78, 5) is 5.12. The van der Waals surface area contributed by atoms with Crippen molar-refractivity contribution >= 4 is 5.57 Å². The Morgan fingerprint density at radius 1 is 1.05 bits per heavy atom. The van der Waals surface area contributed by atoms with E-state index in [1.54, 1.807) is 0 Å². The highest BCUT2D eigenvalue weighted by Crippen LogP contribution is 2.19. The zero-order chi connectivity index (χ0) is 14.4. The number of rotatable bonds is 5. The van der Waals surface area contributed by atoms with E-state index in [-0.39, 0.29) is 0 Å². The summed E-state index contributed by atoms with van der Waals surface area (Å²) < 4.78 is 0. The molecule has 1 aromatic carbocycles. The number of benzene rings is 1. The quantitative estimate of drug-likeness (QED) is 0.811. The Morgan fingerprint density at radius 3 is 2.20 bits per heavy atom. The highest BCUT2D eigenvalue weighted by Gasteiger charge is 2.16. The minimum atomic E-state index is 0.599. The normalized spacial score (nSPS) is 18.7. The summed E-state index contributed by atoms with van der Waals surface area (Å²) in [7, 11) is 0. The summed E-state index contributed by atoms with van der Waals surface area (Å²) >= 11 is 0. The highest BCUT2D eigenvalue weighted by molar-refractivity contribution is 5.67. The van der Waals surface area contributed by atoms with Gasteiger partial charge in [-0.25, -0.2) is 0 Å². The average Bonchev–Trinajstić information content (AvgIpc) is 2.48. The third-order valence-corrected chi connectivity index (χ3v) is 3.99. The third-order valence-electron chi connectivity index (χ3n) is 3.99. The fourth-order valence-electron chi connectivity index (χ4n) is 2.80. The van der Waals surface area contributed by atoms with Gasteiger partial charge in [0.1, 0.15) is 0 Å². The van der Waals surface area contributed by atoms with Crippen LogP contribution in [0.15, 0.2) is 36.4 Å². The molecule has 0 spiro atoms. The van der Waals surface area contributed by atoms with Crippen molar-refractivity contribution in [2.24, 2.45) is 5.92 Å². The van der Waals surface area contributed by atoms with Crippen LogP contribution < -0.4 is 0 Å². The molecule has 0 N–H and O–H groups in total. The Kier molecular flexibility index (Phi) is 5.81. The molecule has 2 heteroatoms. The summed E-state index contributed by atoms with van der Waals surface area (Å²) in [5, 5.41) is 0. The van der Waals surface area contributed by atoms with Gasteiger partial charge in [0.05, 0.1) is 0 Å². The first-order valence-corrected chi connectivity index (χ1v) is 7.90. The molecule has 2 rings (SSSR count). The van der Waals surface area contributed by atoms with Gasteiger partial charge in [-0.2, -0.15) is 0 Å². The third kappa shape index (κ3) is 4.46. The lowest BCUT2D eigenvalue weighted by Crippen LogP contribution is -2.46. The molecule has 20 heavy (non-hydrogen) atoms. The number of hydrogen-bond donors (Lipinski definition) is 0. The second-order valence-corrected chi connectivity index (χ2v) is 6.01. The molecule has 0 aromatic heterocycles. The molecule has 0 atom stereocenters. The van der Waals surface area contributed by atoms with E-state index < -0.39 is 0 Å². The molecule has 0 unspecified atom stereocenters.